The molecule has 8 N–H and O–H groups in total. The summed E-state index contributed by atoms with van der Waals surface area (Å²) in [6.07, 6.45) is 16.3. The minimum absolute atomic E-state index is 0. The van der Waals surface area contributed by atoms with Crippen LogP contribution in [0, 0.1) is 217 Å². The first kappa shape index (κ1) is 126. The quantitative estimate of drug-likeness (QED) is 0.0926. The van der Waals surface area contributed by atoms with Gasteiger partial charge in [0.05, 0.1) is 45.6 Å². The summed E-state index contributed by atoms with van der Waals surface area (Å²) in [6.45, 7) is 86.5. The number of nitrogens with zero attached hydrogens (tertiary/aromatic N) is 24. The molecule has 0 saturated carbocycles. The predicted octanol–water partition coefficient (Wildman–Crippen LogP) is 9.26. The first-order chi connectivity index (χ1) is 46.2. The molecule has 8 heterocycles. The standard InChI is InChI=1S/2C13H15N3.C12H14N4.C12H12N2.16CN.4Os/c1-10-3-6-15-12(8-10)13-9-11(2-5-14)4-7-16-13;1-10-2-4-12(15-8-10)13-5-3-11(6-7-14)9-16-13;13-5-9-1-3-11(15-7-9)12-4-2-10(6-14)8-16-12;1-9-3-5-11(13-7-9)12-6-4-10(2)8-14-12;16*1-2;;;;/h3-4,6-9H,2,5,14H2,1H3;2-5,8-9H,6-7,14H2,1H3;1-4,7-8H,5-6,13-14H2;3-8H,1-2H3;;;;;;;;;;;;;;;;;;;;/q;;;;16*-1;4*+4. The van der Waals surface area contributed by atoms with Crippen LogP contribution in [0.25, 0.3) is 45.6 Å². The molecule has 492 valence electrons. The molecule has 0 bridgehead atoms. The topological polar surface area (TPSA) is 588 Å². The Morgan fingerprint density at radius 1 is 0.235 bits per heavy atom. The van der Waals surface area contributed by atoms with Gasteiger partial charge < -0.3 is 212 Å². The average Bonchev–Trinajstić information content (AvgIpc) is 0.928. The van der Waals surface area contributed by atoms with E-state index in [1.165, 1.54) is 27.8 Å². The first-order valence-corrected chi connectivity index (χ1v) is 24.1. The normalized spacial score (nSPS) is 6.86. The second kappa shape index (κ2) is 109. The van der Waals surface area contributed by atoms with Gasteiger partial charge >= 0.3 is 79.2 Å². The molecule has 0 amide bonds. The van der Waals surface area contributed by atoms with E-state index in [9.17, 15) is 0 Å². The number of hydrogen-bond donors (Lipinski definition) is 4. The van der Waals surface area contributed by atoms with Crippen molar-refractivity contribution in [3.63, 3.8) is 0 Å². The van der Waals surface area contributed by atoms with Crippen LogP contribution in [-0.2, 0) is 105 Å². The van der Waals surface area contributed by atoms with Crippen LogP contribution in [0.15, 0.2) is 147 Å². The van der Waals surface area contributed by atoms with Gasteiger partial charge in [0.25, 0.3) is 0 Å². The average molecular weight is 2000 g/mol. The molecule has 28 nitrogen and oxygen atoms in total. The molecule has 0 aliphatic heterocycles. The molecule has 0 aliphatic carbocycles. The maximum atomic E-state index is 6.25. The van der Waals surface area contributed by atoms with E-state index in [0.29, 0.717) is 26.2 Å². The Morgan fingerprint density at radius 2 is 0.459 bits per heavy atom. The fourth-order valence-electron chi connectivity index (χ4n) is 5.75. The summed E-state index contributed by atoms with van der Waals surface area (Å²) < 4.78 is 0. The summed E-state index contributed by atoms with van der Waals surface area (Å²) >= 11 is 0. The van der Waals surface area contributed by atoms with E-state index in [-0.39, 0.29) is 79.2 Å². The molecule has 8 aromatic heterocycles. The van der Waals surface area contributed by atoms with Crippen molar-refractivity contribution >= 4 is 0 Å². The van der Waals surface area contributed by atoms with E-state index in [1.807, 2.05) is 143 Å². The van der Waals surface area contributed by atoms with E-state index < -0.39 is 0 Å². The van der Waals surface area contributed by atoms with Crippen molar-refractivity contribution in [2.24, 2.45) is 22.9 Å². The van der Waals surface area contributed by atoms with Crippen molar-refractivity contribution in [1.82, 2.24) is 39.9 Å². The zero-order valence-corrected chi connectivity index (χ0v) is 62.7. The van der Waals surface area contributed by atoms with Crippen LogP contribution in [-0.4, -0.2) is 53.0 Å². The van der Waals surface area contributed by atoms with Crippen LogP contribution >= 0.6 is 0 Å². The van der Waals surface area contributed by atoms with E-state index >= 15 is 0 Å². The van der Waals surface area contributed by atoms with E-state index in [4.69, 9.17) is 212 Å². The largest absolute Gasteiger partial charge is 4.00 e. The Hall–Kier alpha value is -12.6. The van der Waals surface area contributed by atoms with Crippen molar-refractivity contribution in [3.8, 4) is 45.6 Å². The van der Waals surface area contributed by atoms with Gasteiger partial charge in [0.15, 0.2) is 0 Å². The minimum atomic E-state index is 0. The molecule has 0 spiro atoms. The Labute approximate surface area is 630 Å². The number of aromatic nitrogens is 8. The fraction of sp³-hybridized carbons (Fsp3) is 0.152. The number of hydrogen-bond acceptors (Lipinski definition) is 28. The van der Waals surface area contributed by atoms with Crippen molar-refractivity contribution in [2.45, 2.75) is 53.6 Å². The Bertz CT molecular complexity index is 3090. The SMILES string of the molecule is Cc1ccc(-c2ccc(C)cn2)nc1.Cc1ccc(-c2ccc(CCN)cn2)nc1.Cc1ccnc(-c2cc(CCN)ccn2)c1.NCc1ccc(-c2ccc(CN)cn2)nc1.[C-]#N.[C-]#N.[C-]#N.[C-]#N.[C-]#N.[C-]#N.[C-]#N.[C-]#N.[C-]#N.[C-]#N.[C-]#N.[C-]#N.[C-]#N.[C-]#N.[C-]#N.[C-]#N.[Os+4].[Os+4].[Os+4].[Os+4]. The van der Waals surface area contributed by atoms with Gasteiger partial charge in [0, 0.05) is 62.7 Å². The van der Waals surface area contributed by atoms with Crippen LogP contribution in [0.4, 0.5) is 0 Å². The van der Waals surface area contributed by atoms with Gasteiger partial charge in [0.1, 0.15) is 0 Å². The second-order valence-electron chi connectivity index (χ2n) is 14.6. The molecule has 0 fully saturated rings. The maximum absolute atomic E-state index is 6.25. The van der Waals surface area contributed by atoms with Gasteiger partial charge in [-0.2, -0.15) is 0 Å². The third-order valence-corrected chi connectivity index (χ3v) is 9.34. The van der Waals surface area contributed by atoms with Crippen molar-refractivity contribution in [2.75, 3.05) is 13.1 Å². The minimum Gasteiger partial charge on any atom is -0.512 e. The summed E-state index contributed by atoms with van der Waals surface area (Å²) in [4.78, 5) is 34.6. The zero-order valence-electron chi connectivity index (χ0n) is 52.6. The number of rotatable bonds is 10. The maximum Gasteiger partial charge on any atom is 4.00 e. The van der Waals surface area contributed by atoms with Crippen LogP contribution in [0.1, 0.15) is 44.5 Å². The summed E-state index contributed by atoms with van der Waals surface area (Å²) in [5.41, 5.74) is 38.3. The summed E-state index contributed by atoms with van der Waals surface area (Å²) in [7, 11) is 0. The molecular weight excluding hydrogens is 1950 g/mol. The molecular formula is C66H56N28Os4. The fourth-order valence-corrected chi connectivity index (χ4v) is 5.75. The van der Waals surface area contributed by atoms with Gasteiger partial charge in [-0.15, -0.1) is 0 Å². The van der Waals surface area contributed by atoms with Crippen molar-refractivity contribution < 1.29 is 79.2 Å². The van der Waals surface area contributed by atoms with Crippen molar-refractivity contribution in [1.29, 1.82) is 84.2 Å². The molecule has 0 radical (unpaired) electrons. The first-order valence-electron chi connectivity index (χ1n) is 24.1. The van der Waals surface area contributed by atoms with E-state index in [1.54, 1.807) is 12.4 Å². The third-order valence-electron chi connectivity index (χ3n) is 9.34. The van der Waals surface area contributed by atoms with Crippen LogP contribution in [0.3, 0.4) is 0 Å². The molecule has 8 aromatic rings. The van der Waals surface area contributed by atoms with Gasteiger partial charge in [-0.05, 0) is 159 Å². The molecule has 0 aromatic carbocycles. The smallest absolute Gasteiger partial charge is 0.512 e. The van der Waals surface area contributed by atoms with Gasteiger partial charge in [-0.1, -0.05) is 36.4 Å². The van der Waals surface area contributed by atoms with Crippen molar-refractivity contribution in [3.05, 3.63) is 296 Å². The van der Waals surface area contributed by atoms with Gasteiger partial charge in [-0.25, -0.2) is 0 Å². The molecule has 0 unspecified atom stereocenters. The zero-order chi connectivity index (χ0) is 76.1. The Balaban J connectivity index is -0.0000000566. The summed E-state index contributed by atoms with van der Waals surface area (Å²) in [6, 6.07) is 32.0. The summed E-state index contributed by atoms with van der Waals surface area (Å²) in [5.74, 6) is 0. The molecule has 0 aliphatic rings. The van der Waals surface area contributed by atoms with Crippen LogP contribution < -0.4 is 22.9 Å². The Morgan fingerprint density at radius 3 is 0.673 bits per heavy atom. The monoisotopic (exact) mass is 2010 g/mol. The summed E-state index contributed by atoms with van der Waals surface area (Å²) in [5, 5.41) is 100. The third kappa shape index (κ3) is 64.9. The van der Waals surface area contributed by atoms with Gasteiger partial charge in [-0.3, -0.25) is 39.9 Å². The van der Waals surface area contributed by atoms with E-state index in [0.717, 1.165) is 75.1 Å². The Kier molecular flexibility index (Phi) is 140. The molecule has 0 saturated heterocycles. The molecule has 0 atom stereocenters. The number of nitrogens with two attached hydrogens (primary N) is 4. The van der Waals surface area contributed by atoms with Crippen LogP contribution in [0.5, 0.6) is 0 Å². The number of pyridine rings is 8. The predicted molar refractivity (Wildman–Crippen MR) is 330 cm³/mol. The van der Waals surface area contributed by atoms with Crippen LogP contribution in [0.2, 0.25) is 0 Å². The molecule has 32 heteroatoms. The second-order valence-corrected chi connectivity index (χ2v) is 14.6. The van der Waals surface area contributed by atoms with E-state index in [2.05, 4.69) is 58.9 Å². The number of aryl methyl sites for hydroxylation is 4. The molecule has 98 heavy (non-hydrogen) atoms. The van der Waals surface area contributed by atoms with Gasteiger partial charge in [0.2, 0.25) is 0 Å². The molecule has 8 rings (SSSR count).